The maximum atomic E-state index is 11.5. The Hall–Kier alpha value is -0.820. The molecule has 1 unspecified atom stereocenters. The van der Waals surface area contributed by atoms with Crippen LogP contribution in [0.2, 0.25) is 0 Å². The summed E-state index contributed by atoms with van der Waals surface area (Å²) in [4.78, 5) is 4.25. The third kappa shape index (κ3) is 10.0. The van der Waals surface area contributed by atoms with Crippen molar-refractivity contribution in [3.8, 4) is 0 Å². The van der Waals surface area contributed by atoms with Crippen molar-refractivity contribution in [2.75, 3.05) is 39.5 Å². The van der Waals surface area contributed by atoms with Crippen LogP contribution in [0, 0.1) is 5.92 Å². The number of aliphatic imine (C=N–C) groups is 1. The number of hydrogen-bond acceptors (Lipinski definition) is 3. The summed E-state index contributed by atoms with van der Waals surface area (Å²) in [5.41, 5.74) is 0. The van der Waals surface area contributed by atoms with E-state index in [-0.39, 0.29) is 0 Å². The SMILES string of the molecule is CCCCCCCCCCNC(=NC)NCC1CCN(S(C)(=O)=O)C1. The molecular formula is C18H38N4O2S. The molecule has 0 aromatic heterocycles. The lowest BCUT2D eigenvalue weighted by atomic mass is 10.1. The van der Waals surface area contributed by atoms with Crippen molar-refractivity contribution < 1.29 is 8.42 Å². The number of rotatable bonds is 12. The van der Waals surface area contributed by atoms with Gasteiger partial charge in [0.25, 0.3) is 0 Å². The van der Waals surface area contributed by atoms with E-state index in [0.29, 0.717) is 19.0 Å². The van der Waals surface area contributed by atoms with Gasteiger partial charge in [0.2, 0.25) is 10.0 Å². The van der Waals surface area contributed by atoms with Crippen LogP contribution in [-0.2, 0) is 10.0 Å². The zero-order valence-electron chi connectivity index (χ0n) is 16.4. The Morgan fingerprint density at radius 2 is 1.72 bits per heavy atom. The lowest BCUT2D eigenvalue weighted by Gasteiger charge is -2.16. The zero-order valence-corrected chi connectivity index (χ0v) is 17.2. The molecule has 6 nitrogen and oxygen atoms in total. The Morgan fingerprint density at radius 3 is 2.28 bits per heavy atom. The van der Waals surface area contributed by atoms with E-state index in [4.69, 9.17) is 0 Å². The molecule has 0 saturated carbocycles. The quantitative estimate of drug-likeness (QED) is 0.313. The van der Waals surface area contributed by atoms with E-state index in [9.17, 15) is 8.42 Å². The van der Waals surface area contributed by atoms with Gasteiger partial charge in [0.15, 0.2) is 5.96 Å². The molecule has 1 rings (SSSR count). The summed E-state index contributed by atoms with van der Waals surface area (Å²) in [5, 5.41) is 6.68. The van der Waals surface area contributed by atoms with E-state index < -0.39 is 10.0 Å². The fraction of sp³-hybridized carbons (Fsp3) is 0.944. The van der Waals surface area contributed by atoms with E-state index in [1.54, 1.807) is 11.4 Å². The first-order valence-electron chi connectivity index (χ1n) is 9.87. The molecular weight excluding hydrogens is 336 g/mol. The van der Waals surface area contributed by atoms with Crippen molar-refractivity contribution in [2.24, 2.45) is 10.9 Å². The third-order valence-electron chi connectivity index (χ3n) is 4.82. The molecule has 0 aromatic carbocycles. The maximum Gasteiger partial charge on any atom is 0.211 e. The zero-order chi connectivity index (χ0) is 18.5. The predicted octanol–water partition coefficient (Wildman–Crippen LogP) is 2.57. The standard InChI is InChI=1S/C18H38N4O2S/c1-4-5-6-7-8-9-10-11-13-20-18(19-2)21-15-17-12-14-22(16-17)25(3,23)24/h17H,4-16H2,1-3H3,(H2,19,20,21). The maximum absolute atomic E-state index is 11.5. The van der Waals surface area contributed by atoms with Gasteiger partial charge in [-0.3, -0.25) is 4.99 Å². The van der Waals surface area contributed by atoms with Crippen LogP contribution in [0.1, 0.15) is 64.7 Å². The summed E-state index contributed by atoms with van der Waals surface area (Å²) in [6, 6.07) is 0. The van der Waals surface area contributed by atoms with E-state index in [2.05, 4.69) is 22.5 Å². The van der Waals surface area contributed by atoms with Crippen molar-refractivity contribution in [1.82, 2.24) is 14.9 Å². The van der Waals surface area contributed by atoms with Crippen LogP contribution in [0.3, 0.4) is 0 Å². The van der Waals surface area contributed by atoms with E-state index in [1.807, 2.05) is 0 Å². The minimum Gasteiger partial charge on any atom is -0.356 e. The van der Waals surface area contributed by atoms with Crippen molar-refractivity contribution >= 4 is 16.0 Å². The van der Waals surface area contributed by atoms with Crippen molar-refractivity contribution in [3.05, 3.63) is 0 Å². The first-order chi connectivity index (χ1) is 12.0. The molecule has 148 valence electrons. The average Bonchev–Trinajstić information content (AvgIpc) is 3.05. The average molecular weight is 375 g/mol. The van der Waals surface area contributed by atoms with Gasteiger partial charge in [-0.15, -0.1) is 0 Å². The Labute approximate surface area is 154 Å². The predicted molar refractivity (Wildman–Crippen MR) is 106 cm³/mol. The summed E-state index contributed by atoms with van der Waals surface area (Å²) >= 11 is 0. The van der Waals surface area contributed by atoms with Gasteiger partial charge in [-0.05, 0) is 18.8 Å². The Kier molecular flexibility index (Phi) is 11.1. The minimum atomic E-state index is -3.05. The summed E-state index contributed by atoms with van der Waals surface area (Å²) in [6.07, 6.45) is 12.7. The second kappa shape index (κ2) is 12.5. The minimum absolute atomic E-state index is 0.358. The second-order valence-electron chi connectivity index (χ2n) is 7.13. The molecule has 0 bridgehead atoms. The highest BCUT2D eigenvalue weighted by atomic mass is 32.2. The first kappa shape index (κ1) is 22.2. The summed E-state index contributed by atoms with van der Waals surface area (Å²) in [5.74, 6) is 1.18. The van der Waals surface area contributed by atoms with Gasteiger partial charge in [0.1, 0.15) is 0 Å². The molecule has 0 aliphatic carbocycles. The van der Waals surface area contributed by atoms with Crippen LogP contribution in [0.25, 0.3) is 0 Å². The van der Waals surface area contributed by atoms with Crippen molar-refractivity contribution in [3.63, 3.8) is 0 Å². The lowest BCUT2D eigenvalue weighted by Crippen LogP contribution is -2.40. The topological polar surface area (TPSA) is 73.8 Å². The number of sulfonamides is 1. The van der Waals surface area contributed by atoms with Crippen LogP contribution >= 0.6 is 0 Å². The largest absolute Gasteiger partial charge is 0.356 e. The van der Waals surface area contributed by atoms with Gasteiger partial charge in [-0.25, -0.2) is 12.7 Å². The van der Waals surface area contributed by atoms with E-state index >= 15 is 0 Å². The number of guanidine groups is 1. The van der Waals surface area contributed by atoms with Crippen LogP contribution < -0.4 is 10.6 Å². The fourth-order valence-corrected chi connectivity index (χ4v) is 4.11. The highest BCUT2D eigenvalue weighted by Gasteiger charge is 2.28. The molecule has 1 fully saturated rings. The van der Waals surface area contributed by atoms with Gasteiger partial charge in [0, 0.05) is 33.2 Å². The molecule has 1 aliphatic rings. The molecule has 0 aromatic rings. The normalized spacial score (nSPS) is 19.3. The molecule has 0 amide bonds. The molecule has 1 saturated heterocycles. The molecule has 25 heavy (non-hydrogen) atoms. The number of nitrogens with zero attached hydrogens (tertiary/aromatic N) is 2. The number of unbranched alkanes of at least 4 members (excludes halogenated alkanes) is 7. The fourth-order valence-electron chi connectivity index (χ4n) is 3.19. The van der Waals surface area contributed by atoms with Gasteiger partial charge in [-0.2, -0.15) is 0 Å². The molecule has 0 spiro atoms. The molecule has 1 aliphatic heterocycles. The van der Waals surface area contributed by atoms with Crippen LogP contribution in [0.15, 0.2) is 4.99 Å². The monoisotopic (exact) mass is 374 g/mol. The summed E-state index contributed by atoms with van der Waals surface area (Å²) < 4.78 is 24.7. The first-order valence-corrected chi connectivity index (χ1v) is 11.7. The Balaban J connectivity index is 2.06. The molecule has 1 atom stereocenters. The second-order valence-corrected chi connectivity index (χ2v) is 9.11. The highest BCUT2D eigenvalue weighted by molar-refractivity contribution is 7.88. The molecule has 0 radical (unpaired) electrons. The van der Waals surface area contributed by atoms with Gasteiger partial charge in [0.05, 0.1) is 6.26 Å². The van der Waals surface area contributed by atoms with Crippen LogP contribution in [0.5, 0.6) is 0 Å². The Bertz CT molecular complexity index is 479. The smallest absolute Gasteiger partial charge is 0.211 e. The third-order valence-corrected chi connectivity index (χ3v) is 6.09. The van der Waals surface area contributed by atoms with Gasteiger partial charge in [-0.1, -0.05) is 51.9 Å². The van der Waals surface area contributed by atoms with Gasteiger partial charge >= 0.3 is 0 Å². The highest BCUT2D eigenvalue weighted by Crippen LogP contribution is 2.17. The molecule has 2 N–H and O–H groups in total. The lowest BCUT2D eigenvalue weighted by molar-refractivity contribution is 0.458. The van der Waals surface area contributed by atoms with Crippen molar-refractivity contribution in [2.45, 2.75) is 64.7 Å². The van der Waals surface area contributed by atoms with Crippen LogP contribution in [-0.4, -0.2) is 58.2 Å². The molecule has 1 heterocycles. The van der Waals surface area contributed by atoms with Gasteiger partial charge < -0.3 is 10.6 Å². The van der Waals surface area contributed by atoms with Crippen molar-refractivity contribution in [1.29, 1.82) is 0 Å². The Morgan fingerprint density at radius 1 is 1.08 bits per heavy atom. The summed E-state index contributed by atoms with van der Waals surface area (Å²) in [6.45, 7) is 5.20. The number of nitrogens with one attached hydrogen (secondary N) is 2. The number of hydrogen-bond donors (Lipinski definition) is 2. The van der Waals surface area contributed by atoms with E-state index in [0.717, 1.165) is 25.5 Å². The summed E-state index contributed by atoms with van der Waals surface area (Å²) in [7, 11) is -1.27. The molecule has 7 heteroatoms. The van der Waals surface area contributed by atoms with E-state index in [1.165, 1.54) is 57.6 Å². The van der Waals surface area contributed by atoms with Crippen LogP contribution in [0.4, 0.5) is 0 Å².